The first-order valence-electron chi connectivity index (χ1n) is 7.91. The van der Waals surface area contributed by atoms with Gasteiger partial charge in [-0.1, -0.05) is 0 Å². The predicted octanol–water partition coefficient (Wildman–Crippen LogP) is 1.96. The summed E-state index contributed by atoms with van der Waals surface area (Å²) in [6.45, 7) is 3.11. The van der Waals surface area contributed by atoms with Gasteiger partial charge in [0.1, 0.15) is 5.75 Å². The standard InChI is InChI=1S/C17H22N4O2/c1-11-15(4-3-9-18-11)20-17(22)14-10-19-21-16(14)12-5-7-13(23-2)8-6-12/h5-8,10-11,15,18H,3-4,9H2,1-2H3,(H,19,21)(H,20,22). The van der Waals surface area contributed by atoms with Crippen LogP contribution in [0, 0.1) is 0 Å². The average Bonchev–Trinajstić information content (AvgIpc) is 3.07. The summed E-state index contributed by atoms with van der Waals surface area (Å²) in [5.41, 5.74) is 2.19. The predicted molar refractivity (Wildman–Crippen MR) is 88.5 cm³/mol. The Kier molecular flexibility index (Phi) is 4.62. The zero-order chi connectivity index (χ0) is 16.2. The summed E-state index contributed by atoms with van der Waals surface area (Å²) in [7, 11) is 1.63. The van der Waals surface area contributed by atoms with Crippen LogP contribution in [-0.2, 0) is 0 Å². The van der Waals surface area contributed by atoms with Crippen LogP contribution in [0.3, 0.4) is 0 Å². The molecule has 0 aliphatic carbocycles. The lowest BCUT2D eigenvalue weighted by atomic mass is 9.99. The van der Waals surface area contributed by atoms with Crippen molar-refractivity contribution in [2.75, 3.05) is 13.7 Å². The Labute approximate surface area is 135 Å². The van der Waals surface area contributed by atoms with Crippen LogP contribution in [0.15, 0.2) is 30.5 Å². The molecule has 1 saturated heterocycles. The van der Waals surface area contributed by atoms with Gasteiger partial charge in [-0.2, -0.15) is 5.10 Å². The molecule has 6 nitrogen and oxygen atoms in total. The summed E-state index contributed by atoms with van der Waals surface area (Å²) in [4.78, 5) is 12.6. The highest BCUT2D eigenvalue weighted by Crippen LogP contribution is 2.24. The van der Waals surface area contributed by atoms with Gasteiger partial charge in [-0.05, 0) is 50.6 Å². The number of aromatic amines is 1. The number of ether oxygens (including phenoxy) is 1. The third-order valence-corrected chi connectivity index (χ3v) is 4.34. The smallest absolute Gasteiger partial charge is 0.255 e. The average molecular weight is 314 g/mol. The van der Waals surface area contributed by atoms with Crippen molar-refractivity contribution in [1.29, 1.82) is 0 Å². The third kappa shape index (κ3) is 3.37. The molecule has 2 atom stereocenters. The Bertz CT molecular complexity index is 665. The van der Waals surface area contributed by atoms with E-state index in [0.717, 1.165) is 36.4 Å². The Morgan fingerprint density at radius 2 is 2.13 bits per heavy atom. The first-order valence-corrected chi connectivity index (χ1v) is 7.91. The van der Waals surface area contributed by atoms with Crippen molar-refractivity contribution in [1.82, 2.24) is 20.8 Å². The van der Waals surface area contributed by atoms with Gasteiger partial charge in [0.15, 0.2) is 0 Å². The van der Waals surface area contributed by atoms with Crippen molar-refractivity contribution in [3.05, 3.63) is 36.0 Å². The molecule has 2 unspecified atom stereocenters. The van der Waals surface area contributed by atoms with E-state index in [9.17, 15) is 4.79 Å². The van der Waals surface area contributed by atoms with Gasteiger partial charge in [0.25, 0.3) is 5.91 Å². The molecule has 23 heavy (non-hydrogen) atoms. The Hall–Kier alpha value is -2.34. The van der Waals surface area contributed by atoms with E-state index < -0.39 is 0 Å². The highest BCUT2D eigenvalue weighted by Gasteiger charge is 2.24. The summed E-state index contributed by atoms with van der Waals surface area (Å²) in [5, 5.41) is 13.5. The van der Waals surface area contributed by atoms with E-state index in [2.05, 4.69) is 27.8 Å². The number of methoxy groups -OCH3 is 1. The van der Waals surface area contributed by atoms with Gasteiger partial charge >= 0.3 is 0 Å². The molecule has 1 aliphatic rings. The molecule has 1 aromatic heterocycles. The minimum absolute atomic E-state index is 0.0925. The lowest BCUT2D eigenvalue weighted by molar-refractivity contribution is 0.0920. The quantitative estimate of drug-likeness (QED) is 0.806. The van der Waals surface area contributed by atoms with Crippen LogP contribution in [0.5, 0.6) is 5.75 Å². The fourth-order valence-electron chi connectivity index (χ4n) is 2.92. The van der Waals surface area contributed by atoms with Crippen LogP contribution < -0.4 is 15.4 Å². The first kappa shape index (κ1) is 15.6. The zero-order valence-electron chi connectivity index (χ0n) is 13.4. The number of carbonyl (C=O) groups excluding carboxylic acids is 1. The normalized spacial score (nSPS) is 21.0. The van der Waals surface area contributed by atoms with Gasteiger partial charge in [0.05, 0.1) is 24.6 Å². The van der Waals surface area contributed by atoms with Crippen molar-refractivity contribution in [2.24, 2.45) is 0 Å². The monoisotopic (exact) mass is 314 g/mol. The number of benzene rings is 1. The van der Waals surface area contributed by atoms with E-state index >= 15 is 0 Å². The molecule has 1 aromatic carbocycles. The second-order valence-corrected chi connectivity index (χ2v) is 5.85. The van der Waals surface area contributed by atoms with E-state index in [1.54, 1.807) is 13.3 Å². The van der Waals surface area contributed by atoms with Crippen LogP contribution in [-0.4, -0.2) is 41.8 Å². The molecule has 0 bridgehead atoms. The second kappa shape index (κ2) is 6.83. The van der Waals surface area contributed by atoms with Gasteiger partial charge in [0.2, 0.25) is 0 Å². The van der Waals surface area contributed by atoms with Gasteiger partial charge in [0, 0.05) is 17.6 Å². The number of amides is 1. The van der Waals surface area contributed by atoms with E-state index in [-0.39, 0.29) is 18.0 Å². The van der Waals surface area contributed by atoms with Crippen LogP contribution in [0.4, 0.5) is 0 Å². The molecule has 2 aromatic rings. The van der Waals surface area contributed by atoms with Gasteiger partial charge in [-0.3, -0.25) is 9.89 Å². The highest BCUT2D eigenvalue weighted by atomic mass is 16.5. The molecular weight excluding hydrogens is 292 g/mol. The molecule has 1 fully saturated rings. The Balaban J connectivity index is 1.78. The number of hydrogen-bond acceptors (Lipinski definition) is 4. The number of carbonyl (C=O) groups is 1. The number of nitrogens with one attached hydrogen (secondary N) is 3. The van der Waals surface area contributed by atoms with E-state index in [0.29, 0.717) is 5.56 Å². The minimum Gasteiger partial charge on any atom is -0.497 e. The Morgan fingerprint density at radius 1 is 1.35 bits per heavy atom. The number of hydrogen-bond donors (Lipinski definition) is 3. The van der Waals surface area contributed by atoms with Crippen molar-refractivity contribution in [3.63, 3.8) is 0 Å². The summed E-state index contributed by atoms with van der Waals surface area (Å²) in [6.07, 6.45) is 3.65. The zero-order valence-corrected chi connectivity index (χ0v) is 13.4. The number of H-pyrrole nitrogens is 1. The maximum Gasteiger partial charge on any atom is 0.255 e. The fourth-order valence-corrected chi connectivity index (χ4v) is 2.92. The molecular formula is C17H22N4O2. The van der Waals surface area contributed by atoms with E-state index in [1.165, 1.54) is 0 Å². The van der Waals surface area contributed by atoms with Gasteiger partial charge in [-0.15, -0.1) is 0 Å². The maximum absolute atomic E-state index is 12.6. The number of aromatic nitrogens is 2. The van der Waals surface area contributed by atoms with Crippen molar-refractivity contribution in [2.45, 2.75) is 31.8 Å². The lowest BCUT2D eigenvalue weighted by Gasteiger charge is -2.30. The van der Waals surface area contributed by atoms with E-state index in [1.807, 2.05) is 24.3 Å². The van der Waals surface area contributed by atoms with Crippen LogP contribution >= 0.6 is 0 Å². The van der Waals surface area contributed by atoms with Crippen molar-refractivity contribution < 1.29 is 9.53 Å². The molecule has 3 rings (SSSR count). The molecule has 2 heterocycles. The molecule has 0 saturated carbocycles. The summed E-state index contributed by atoms with van der Waals surface area (Å²) in [6, 6.07) is 7.98. The van der Waals surface area contributed by atoms with E-state index in [4.69, 9.17) is 4.74 Å². The minimum atomic E-state index is -0.0925. The molecule has 1 amide bonds. The van der Waals surface area contributed by atoms with Crippen molar-refractivity contribution >= 4 is 5.91 Å². The highest BCUT2D eigenvalue weighted by molar-refractivity contribution is 5.99. The summed E-state index contributed by atoms with van der Waals surface area (Å²) in [5.74, 6) is 0.687. The molecule has 1 aliphatic heterocycles. The first-order chi connectivity index (χ1) is 11.2. The molecule has 122 valence electrons. The third-order valence-electron chi connectivity index (χ3n) is 4.34. The second-order valence-electron chi connectivity index (χ2n) is 5.85. The maximum atomic E-state index is 12.6. The Morgan fingerprint density at radius 3 is 2.83 bits per heavy atom. The van der Waals surface area contributed by atoms with Crippen molar-refractivity contribution in [3.8, 4) is 17.0 Å². The number of rotatable bonds is 4. The SMILES string of the molecule is COc1ccc(-c2[nH]ncc2C(=O)NC2CCCNC2C)cc1. The molecule has 6 heteroatoms. The molecule has 0 spiro atoms. The number of piperidine rings is 1. The summed E-state index contributed by atoms with van der Waals surface area (Å²) < 4.78 is 5.16. The summed E-state index contributed by atoms with van der Waals surface area (Å²) >= 11 is 0. The van der Waals surface area contributed by atoms with Crippen LogP contribution in [0.1, 0.15) is 30.1 Å². The van der Waals surface area contributed by atoms with Crippen LogP contribution in [0.25, 0.3) is 11.3 Å². The largest absolute Gasteiger partial charge is 0.497 e. The number of nitrogens with zero attached hydrogens (tertiary/aromatic N) is 1. The lowest BCUT2D eigenvalue weighted by Crippen LogP contribution is -2.51. The van der Waals surface area contributed by atoms with Crippen LogP contribution in [0.2, 0.25) is 0 Å². The van der Waals surface area contributed by atoms with Gasteiger partial charge < -0.3 is 15.4 Å². The fraction of sp³-hybridized carbons (Fsp3) is 0.412. The topological polar surface area (TPSA) is 79.0 Å². The molecule has 0 radical (unpaired) electrons. The molecule has 3 N–H and O–H groups in total. The van der Waals surface area contributed by atoms with Gasteiger partial charge in [-0.25, -0.2) is 0 Å².